The highest BCUT2D eigenvalue weighted by Crippen LogP contribution is 2.37. The van der Waals surface area contributed by atoms with E-state index in [1.807, 2.05) is 6.07 Å². The quantitative estimate of drug-likeness (QED) is 0.735. The standard InChI is InChI=1S/C16H19ClF3NO3S/c17-13-6-4-12(25-13)5-7-15(23)24-9-14(22)21-11-3-1-2-10(8-11)16(18,19)20/h4,6,10-11H,1-3,5,7-9H2,(H,21,22)/t10-,11+/m0/s1. The summed E-state index contributed by atoms with van der Waals surface area (Å²) in [5, 5.41) is 2.52. The molecule has 1 heterocycles. The molecule has 1 aliphatic carbocycles. The molecule has 0 aromatic carbocycles. The number of esters is 1. The van der Waals surface area contributed by atoms with E-state index >= 15 is 0 Å². The molecule has 0 unspecified atom stereocenters. The lowest BCUT2D eigenvalue weighted by Crippen LogP contribution is -2.43. The summed E-state index contributed by atoms with van der Waals surface area (Å²) in [5.41, 5.74) is 0. The average molecular weight is 398 g/mol. The third-order valence-corrected chi connectivity index (χ3v) is 5.36. The first-order valence-electron chi connectivity index (χ1n) is 8.00. The summed E-state index contributed by atoms with van der Waals surface area (Å²) in [5.74, 6) is -2.48. The van der Waals surface area contributed by atoms with Gasteiger partial charge in [0, 0.05) is 10.9 Å². The number of hydrogen-bond donors (Lipinski definition) is 1. The van der Waals surface area contributed by atoms with Crippen molar-refractivity contribution in [2.45, 2.75) is 50.7 Å². The number of thiophene rings is 1. The number of halogens is 4. The van der Waals surface area contributed by atoms with Crippen molar-refractivity contribution < 1.29 is 27.5 Å². The highest BCUT2D eigenvalue weighted by molar-refractivity contribution is 7.16. The molecule has 0 spiro atoms. The molecule has 1 fully saturated rings. The van der Waals surface area contributed by atoms with E-state index in [-0.39, 0.29) is 19.3 Å². The SMILES string of the molecule is O=C(COC(=O)CCc1ccc(Cl)s1)N[C@@H]1CCC[C@H](C(F)(F)F)C1. The van der Waals surface area contributed by atoms with Gasteiger partial charge in [-0.25, -0.2) is 0 Å². The second kappa shape index (κ2) is 8.89. The number of carbonyl (C=O) groups is 2. The topological polar surface area (TPSA) is 55.4 Å². The van der Waals surface area contributed by atoms with Crippen LogP contribution < -0.4 is 5.32 Å². The molecule has 25 heavy (non-hydrogen) atoms. The van der Waals surface area contributed by atoms with Crippen LogP contribution in [0.25, 0.3) is 0 Å². The van der Waals surface area contributed by atoms with Crippen molar-refractivity contribution in [3.8, 4) is 0 Å². The third kappa shape index (κ3) is 6.86. The number of ether oxygens (including phenoxy) is 1. The summed E-state index contributed by atoms with van der Waals surface area (Å²) >= 11 is 7.15. The first-order valence-corrected chi connectivity index (χ1v) is 9.19. The Balaban J connectivity index is 1.67. The average Bonchev–Trinajstić information content (AvgIpc) is 2.96. The van der Waals surface area contributed by atoms with Gasteiger partial charge in [-0.1, -0.05) is 18.0 Å². The second-order valence-electron chi connectivity index (χ2n) is 6.04. The molecule has 0 radical (unpaired) electrons. The second-order valence-corrected chi connectivity index (χ2v) is 7.84. The molecule has 1 saturated carbocycles. The van der Waals surface area contributed by atoms with E-state index in [0.29, 0.717) is 23.6 Å². The lowest BCUT2D eigenvalue weighted by molar-refractivity contribution is -0.184. The summed E-state index contributed by atoms with van der Waals surface area (Å²) in [6.45, 7) is -0.475. The third-order valence-electron chi connectivity index (χ3n) is 4.07. The van der Waals surface area contributed by atoms with Crippen molar-refractivity contribution in [1.29, 1.82) is 0 Å². The molecule has 1 aliphatic rings. The Hall–Kier alpha value is -1.28. The summed E-state index contributed by atoms with van der Waals surface area (Å²) < 4.78 is 43.7. The van der Waals surface area contributed by atoms with Crippen LogP contribution in [0.2, 0.25) is 4.34 Å². The number of aryl methyl sites for hydroxylation is 1. The maximum atomic E-state index is 12.7. The summed E-state index contributed by atoms with van der Waals surface area (Å²) in [6.07, 6.45) is -2.76. The summed E-state index contributed by atoms with van der Waals surface area (Å²) in [6, 6.07) is 3.02. The molecular weight excluding hydrogens is 379 g/mol. The minimum atomic E-state index is -4.24. The van der Waals surface area contributed by atoms with E-state index in [1.54, 1.807) is 6.07 Å². The van der Waals surface area contributed by atoms with Crippen LogP contribution in [0.5, 0.6) is 0 Å². The molecule has 2 rings (SSSR count). The Morgan fingerprint density at radius 1 is 1.32 bits per heavy atom. The number of alkyl halides is 3. The molecule has 0 bridgehead atoms. The highest BCUT2D eigenvalue weighted by atomic mass is 35.5. The molecule has 1 amide bonds. The fourth-order valence-corrected chi connectivity index (χ4v) is 3.90. The maximum absolute atomic E-state index is 12.7. The van der Waals surface area contributed by atoms with E-state index in [4.69, 9.17) is 16.3 Å². The van der Waals surface area contributed by atoms with Crippen LogP contribution in [-0.2, 0) is 20.7 Å². The zero-order valence-corrected chi connectivity index (χ0v) is 15.0. The van der Waals surface area contributed by atoms with Crippen LogP contribution >= 0.6 is 22.9 Å². The monoisotopic (exact) mass is 397 g/mol. The Morgan fingerprint density at radius 2 is 2.08 bits per heavy atom. The number of amides is 1. The Bertz CT molecular complexity index is 606. The van der Waals surface area contributed by atoms with Gasteiger partial charge in [0.1, 0.15) is 0 Å². The molecular formula is C16H19ClF3NO3S. The van der Waals surface area contributed by atoms with Crippen molar-refractivity contribution in [1.82, 2.24) is 5.32 Å². The Morgan fingerprint density at radius 3 is 2.72 bits per heavy atom. The van der Waals surface area contributed by atoms with Crippen molar-refractivity contribution >= 4 is 34.8 Å². The number of hydrogen-bond acceptors (Lipinski definition) is 4. The summed E-state index contributed by atoms with van der Waals surface area (Å²) in [4.78, 5) is 24.3. The smallest absolute Gasteiger partial charge is 0.391 e. The van der Waals surface area contributed by atoms with Crippen LogP contribution in [0.3, 0.4) is 0 Å². The van der Waals surface area contributed by atoms with Gasteiger partial charge < -0.3 is 10.1 Å². The van der Waals surface area contributed by atoms with Crippen LogP contribution in [0.4, 0.5) is 13.2 Å². The molecule has 0 aliphatic heterocycles. The van der Waals surface area contributed by atoms with Crippen molar-refractivity contribution in [2.24, 2.45) is 5.92 Å². The first-order chi connectivity index (χ1) is 11.7. The van der Waals surface area contributed by atoms with Gasteiger partial charge in [-0.05, 0) is 37.8 Å². The van der Waals surface area contributed by atoms with E-state index in [2.05, 4.69) is 5.32 Å². The fraction of sp³-hybridized carbons (Fsp3) is 0.625. The Labute approximate surface area is 152 Å². The maximum Gasteiger partial charge on any atom is 0.391 e. The summed E-state index contributed by atoms with van der Waals surface area (Å²) in [7, 11) is 0. The van der Waals surface area contributed by atoms with Crippen molar-refractivity contribution in [3.63, 3.8) is 0 Å². The van der Waals surface area contributed by atoms with Crippen LogP contribution in [0.1, 0.15) is 37.0 Å². The molecule has 2 atom stereocenters. The minimum absolute atomic E-state index is 0.0948. The number of carbonyl (C=O) groups excluding carboxylic acids is 2. The van der Waals surface area contributed by atoms with Gasteiger partial charge in [-0.2, -0.15) is 13.2 Å². The lowest BCUT2D eigenvalue weighted by Gasteiger charge is -2.30. The molecule has 1 N–H and O–H groups in total. The minimum Gasteiger partial charge on any atom is -0.456 e. The molecule has 1 aromatic heterocycles. The van der Waals surface area contributed by atoms with Gasteiger partial charge in [-0.15, -0.1) is 11.3 Å². The van der Waals surface area contributed by atoms with Gasteiger partial charge in [0.05, 0.1) is 16.7 Å². The molecule has 0 saturated heterocycles. The van der Waals surface area contributed by atoms with Crippen molar-refractivity contribution in [3.05, 3.63) is 21.3 Å². The highest BCUT2D eigenvalue weighted by Gasteiger charge is 2.42. The number of rotatable bonds is 6. The fourth-order valence-electron chi connectivity index (χ4n) is 2.82. The molecule has 4 nitrogen and oxygen atoms in total. The Kier molecular flexibility index (Phi) is 7.13. The van der Waals surface area contributed by atoms with Gasteiger partial charge >= 0.3 is 12.1 Å². The van der Waals surface area contributed by atoms with Gasteiger partial charge in [0.15, 0.2) is 6.61 Å². The molecule has 140 valence electrons. The van der Waals surface area contributed by atoms with Gasteiger partial charge in [0.2, 0.25) is 0 Å². The van der Waals surface area contributed by atoms with Crippen LogP contribution in [0, 0.1) is 5.92 Å². The predicted molar refractivity (Wildman–Crippen MR) is 88.6 cm³/mol. The zero-order chi connectivity index (χ0) is 18.4. The molecule has 9 heteroatoms. The lowest BCUT2D eigenvalue weighted by atomic mass is 9.85. The number of nitrogens with one attached hydrogen (secondary N) is 1. The van der Waals surface area contributed by atoms with E-state index < -0.39 is 36.6 Å². The van der Waals surface area contributed by atoms with Crippen molar-refractivity contribution in [2.75, 3.05) is 6.61 Å². The van der Waals surface area contributed by atoms with Gasteiger partial charge in [0.25, 0.3) is 5.91 Å². The normalized spacial score (nSPS) is 21.0. The van der Waals surface area contributed by atoms with Gasteiger partial charge in [-0.3, -0.25) is 9.59 Å². The van der Waals surface area contributed by atoms with E-state index in [9.17, 15) is 22.8 Å². The van der Waals surface area contributed by atoms with E-state index in [1.165, 1.54) is 11.3 Å². The first kappa shape index (κ1) is 20.0. The predicted octanol–water partition coefficient (Wildman–Crippen LogP) is 4.11. The van der Waals surface area contributed by atoms with Crippen LogP contribution in [0.15, 0.2) is 12.1 Å². The largest absolute Gasteiger partial charge is 0.456 e. The zero-order valence-electron chi connectivity index (χ0n) is 13.4. The molecule has 1 aromatic rings. The van der Waals surface area contributed by atoms with Crippen LogP contribution in [-0.4, -0.2) is 30.7 Å². The van der Waals surface area contributed by atoms with E-state index in [0.717, 1.165) is 4.88 Å².